The van der Waals surface area contributed by atoms with Gasteiger partial charge >= 0.3 is 11.1 Å². The highest BCUT2D eigenvalue weighted by atomic mass is 32.2. The Kier molecular flexibility index (Phi) is 3.90. The van der Waals surface area contributed by atoms with Crippen LogP contribution in [0.1, 0.15) is 15.4 Å². The molecule has 0 aromatic carbocycles. The number of thiophene rings is 1. The molecule has 3 rings (SSSR count). The van der Waals surface area contributed by atoms with E-state index < -0.39 is 17.1 Å². The number of fused-ring (bicyclic) bond motifs is 1. The number of ether oxygens (including phenoxy) is 1. The zero-order valence-electron chi connectivity index (χ0n) is 12.1. The smallest absolute Gasteiger partial charge is 0.348 e. The first-order valence-electron chi connectivity index (χ1n) is 6.28. The van der Waals surface area contributed by atoms with Crippen LogP contribution in [0, 0.1) is 6.92 Å². The fourth-order valence-corrected chi connectivity index (χ4v) is 3.61. The van der Waals surface area contributed by atoms with Crippen molar-refractivity contribution >= 4 is 38.7 Å². The Hall–Kier alpha value is -1.90. The van der Waals surface area contributed by atoms with Gasteiger partial charge in [-0.15, -0.1) is 11.3 Å². The average molecular weight is 336 g/mol. The third-order valence-corrected chi connectivity index (χ3v) is 4.97. The topological polar surface area (TPSA) is 88.3 Å². The molecule has 0 amide bonds. The van der Waals surface area contributed by atoms with Crippen LogP contribution in [-0.4, -0.2) is 33.9 Å². The largest absolute Gasteiger partial charge is 0.609 e. The van der Waals surface area contributed by atoms with Crippen molar-refractivity contribution in [2.45, 2.75) is 12.1 Å². The molecule has 0 aliphatic rings. The van der Waals surface area contributed by atoms with E-state index in [1.807, 2.05) is 0 Å². The van der Waals surface area contributed by atoms with E-state index in [9.17, 15) is 9.35 Å². The molecule has 22 heavy (non-hydrogen) atoms. The van der Waals surface area contributed by atoms with E-state index in [1.54, 1.807) is 25.5 Å². The van der Waals surface area contributed by atoms with Crippen molar-refractivity contribution in [3.05, 3.63) is 29.2 Å². The number of methoxy groups -OCH3 is 1. The van der Waals surface area contributed by atoms with E-state index >= 15 is 0 Å². The first-order chi connectivity index (χ1) is 10.5. The standard InChI is InChI=1S/C14H12N2O4S2/c1-7-8(4-5-20-7)10-11-9(21-12(10)13(17)19-2)6-15-14(16-11)22(3)18/h4-6H,1-3H3. The molecule has 1 atom stereocenters. The van der Waals surface area contributed by atoms with Gasteiger partial charge in [-0.05, 0) is 13.0 Å². The number of carbonyl (C=O) groups is 1. The average Bonchev–Trinajstić information content (AvgIpc) is 3.08. The maximum atomic E-state index is 12.1. The van der Waals surface area contributed by atoms with E-state index in [-0.39, 0.29) is 5.16 Å². The summed E-state index contributed by atoms with van der Waals surface area (Å²) in [7, 11) is 1.33. The maximum Gasteiger partial charge on any atom is 0.348 e. The normalized spacial score (nSPS) is 12.5. The Bertz CT molecular complexity index is 854. The first kappa shape index (κ1) is 15.0. The lowest BCUT2D eigenvalue weighted by molar-refractivity contribution is 0.0607. The number of nitrogens with zero attached hydrogens (tertiary/aromatic N) is 2. The molecular weight excluding hydrogens is 324 g/mol. The molecule has 1 unspecified atom stereocenters. The molecule has 114 valence electrons. The second-order valence-electron chi connectivity index (χ2n) is 4.51. The number of aryl methyl sites for hydroxylation is 1. The third-order valence-electron chi connectivity index (χ3n) is 3.17. The molecule has 8 heteroatoms. The Morgan fingerprint density at radius 3 is 2.86 bits per heavy atom. The van der Waals surface area contributed by atoms with Gasteiger partial charge in [-0.2, -0.15) is 9.97 Å². The monoisotopic (exact) mass is 336 g/mol. The van der Waals surface area contributed by atoms with Crippen LogP contribution in [0.15, 0.2) is 28.1 Å². The Morgan fingerprint density at radius 2 is 2.27 bits per heavy atom. The van der Waals surface area contributed by atoms with Gasteiger partial charge in [0.15, 0.2) is 0 Å². The summed E-state index contributed by atoms with van der Waals surface area (Å²) in [6.07, 6.45) is 4.64. The Labute approximate surface area is 133 Å². The summed E-state index contributed by atoms with van der Waals surface area (Å²) in [6, 6.07) is 1.77. The lowest BCUT2D eigenvalue weighted by atomic mass is 10.1. The van der Waals surface area contributed by atoms with Gasteiger partial charge in [0.05, 0.1) is 29.8 Å². The highest BCUT2D eigenvalue weighted by Crippen LogP contribution is 2.39. The number of hydrogen-bond acceptors (Lipinski definition) is 7. The number of rotatable bonds is 3. The predicted molar refractivity (Wildman–Crippen MR) is 83.5 cm³/mol. The van der Waals surface area contributed by atoms with E-state index in [0.717, 1.165) is 10.3 Å². The van der Waals surface area contributed by atoms with Crippen LogP contribution in [0.4, 0.5) is 0 Å². The second kappa shape index (κ2) is 5.71. The summed E-state index contributed by atoms with van der Waals surface area (Å²) in [5, 5.41) is 0.226. The number of carbonyl (C=O) groups excluding carboxylic acids is 1. The lowest BCUT2D eigenvalue weighted by Gasteiger charge is -2.03. The van der Waals surface area contributed by atoms with Gasteiger partial charge in [-0.3, -0.25) is 0 Å². The van der Waals surface area contributed by atoms with Gasteiger partial charge in [0.25, 0.3) is 0 Å². The molecule has 0 aliphatic heterocycles. The Balaban J connectivity index is 2.35. The molecule has 0 saturated heterocycles. The van der Waals surface area contributed by atoms with Crippen molar-refractivity contribution in [2.24, 2.45) is 0 Å². The molecule has 3 aromatic heterocycles. The molecule has 3 aromatic rings. The van der Waals surface area contributed by atoms with Crippen LogP contribution in [0.25, 0.3) is 21.3 Å². The van der Waals surface area contributed by atoms with Gasteiger partial charge in [0.2, 0.25) is 0 Å². The van der Waals surface area contributed by atoms with E-state index in [4.69, 9.17) is 9.15 Å². The molecule has 3 heterocycles. The van der Waals surface area contributed by atoms with Crippen molar-refractivity contribution in [1.29, 1.82) is 0 Å². The molecule has 0 N–H and O–H groups in total. The minimum Gasteiger partial charge on any atom is -0.609 e. The second-order valence-corrected chi connectivity index (χ2v) is 6.83. The molecule has 0 aliphatic carbocycles. The van der Waals surface area contributed by atoms with Crippen molar-refractivity contribution in [3.63, 3.8) is 0 Å². The van der Waals surface area contributed by atoms with Crippen LogP contribution in [-0.2, 0) is 15.9 Å². The predicted octanol–water partition coefficient (Wildman–Crippen LogP) is 2.78. The molecule has 0 spiro atoms. The Morgan fingerprint density at radius 1 is 1.50 bits per heavy atom. The molecule has 6 nitrogen and oxygen atoms in total. The molecule has 0 bridgehead atoms. The highest BCUT2D eigenvalue weighted by molar-refractivity contribution is 7.90. The summed E-state index contributed by atoms with van der Waals surface area (Å²) in [5.41, 5.74) is 1.97. The van der Waals surface area contributed by atoms with Crippen LogP contribution in [0.2, 0.25) is 0 Å². The van der Waals surface area contributed by atoms with Crippen LogP contribution < -0.4 is 0 Å². The van der Waals surface area contributed by atoms with Gasteiger partial charge in [-0.1, -0.05) is 0 Å². The minimum atomic E-state index is -1.31. The zero-order chi connectivity index (χ0) is 15.9. The summed E-state index contributed by atoms with van der Waals surface area (Å²) in [6.45, 7) is 1.81. The number of esters is 1. The number of furan rings is 1. The summed E-state index contributed by atoms with van der Waals surface area (Å²) >= 11 is -0.0621. The van der Waals surface area contributed by atoms with E-state index in [1.165, 1.54) is 24.7 Å². The van der Waals surface area contributed by atoms with Crippen molar-refractivity contribution in [1.82, 2.24) is 9.97 Å². The third kappa shape index (κ3) is 2.39. The first-order valence-corrected chi connectivity index (χ1v) is 8.66. The van der Waals surface area contributed by atoms with Crippen LogP contribution in [0.3, 0.4) is 0 Å². The van der Waals surface area contributed by atoms with E-state index in [0.29, 0.717) is 21.7 Å². The molecular formula is C14H12N2O4S2. The molecule has 0 fully saturated rings. The van der Waals surface area contributed by atoms with Gasteiger partial charge in [0, 0.05) is 22.3 Å². The van der Waals surface area contributed by atoms with Gasteiger partial charge < -0.3 is 13.7 Å². The zero-order valence-corrected chi connectivity index (χ0v) is 13.7. The molecule has 0 radical (unpaired) electrons. The summed E-state index contributed by atoms with van der Waals surface area (Å²) in [5.74, 6) is 0.223. The SMILES string of the molecule is COC(=O)c1sc2cnc([S+](C)[O-])nc2c1-c1ccoc1C. The number of aromatic nitrogens is 2. The van der Waals surface area contributed by atoms with Crippen molar-refractivity contribution in [2.75, 3.05) is 13.4 Å². The van der Waals surface area contributed by atoms with Crippen LogP contribution >= 0.6 is 11.3 Å². The maximum absolute atomic E-state index is 12.1. The van der Waals surface area contributed by atoms with Crippen molar-refractivity contribution < 1.29 is 18.5 Å². The van der Waals surface area contributed by atoms with Gasteiger partial charge in [-0.25, -0.2) is 4.79 Å². The summed E-state index contributed by atoms with van der Waals surface area (Å²) in [4.78, 5) is 20.9. The minimum absolute atomic E-state index is 0.226. The van der Waals surface area contributed by atoms with Crippen molar-refractivity contribution in [3.8, 4) is 11.1 Å². The lowest BCUT2D eigenvalue weighted by Crippen LogP contribution is -2.04. The van der Waals surface area contributed by atoms with E-state index in [2.05, 4.69) is 9.97 Å². The highest BCUT2D eigenvalue weighted by Gasteiger charge is 2.25. The fourth-order valence-electron chi connectivity index (χ4n) is 2.15. The van der Waals surface area contributed by atoms with Crippen LogP contribution in [0.5, 0.6) is 0 Å². The fraction of sp³-hybridized carbons (Fsp3) is 0.214. The van der Waals surface area contributed by atoms with Gasteiger partial charge in [0.1, 0.15) is 16.9 Å². The number of hydrogen-bond donors (Lipinski definition) is 0. The molecule has 0 saturated carbocycles. The summed E-state index contributed by atoms with van der Waals surface area (Å²) < 4.78 is 22.5. The quantitative estimate of drug-likeness (QED) is 0.415.